The largest absolute Gasteiger partial charge is 0.497 e. The molecule has 0 aliphatic rings. The fraction of sp³-hybridized carbons (Fsp3) is 0.263. The second kappa shape index (κ2) is 8.11. The normalized spacial score (nSPS) is 11.2. The van der Waals surface area contributed by atoms with Gasteiger partial charge in [0.2, 0.25) is 17.3 Å². The lowest BCUT2D eigenvalue weighted by Crippen LogP contribution is -2.37. The van der Waals surface area contributed by atoms with Crippen molar-refractivity contribution in [1.29, 1.82) is 0 Å². The number of ether oxygens (including phenoxy) is 2. The van der Waals surface area contributed by atoms with E-state index >= 15 is 0 Å². The van der Waals surface area contributed by atoms with Crippen LogP contribution in [0.25, 0.3) is 11.2 Å². The monoisotopic (exact) mass is 428 g/mol. The van der Waals surface area contributed by atoms with E-state index in [9.17, 15) is 4.79 Å². The van der Waals surface area contributed by atoms with Crippen molar-refractivity contribution in [3.8, 4) is 11.5 Å². The first-order chi connectivity index (χ1) is 14.5. The first-order valence-corrected chi connectivity index (χ1v) is 10.0. The number of benzene rings is 1. The van der Waals surface area contributed by atoms with Gasteiger partial charge in [0.25, 0.3) is 11.2 Å². The van der Waals surface area contributed by atoms with Crippen LogP contribution in [0.2, 0.25) is 0 Å². The van der Waals surface area contributed by atoms with Crippen LogP contribution in [-0.4, -0.2) is 39.4 Å². The number of aromatic amines is 3. The van der Waals surface area contributed by atoms with Crippen LogP contribution in [0.1, 0.15) is 11.3 Å². The van der Waals surface area contributed by atoms with E-state index in [0.717, 1.165) is 16.3 Å². The second-order valence-electron chi connectivity index (χ2n) is 6.62. The first-order valence-electron chi connectivity index (χ1n) is 9.19. The molecule has 0 aliphatic carbocycles. The van der Waals surface area contributed by atoms with Crippen LogP contribution in [0.15, 0.2) is 39.4 Å². The molecule has 0 bridgehead atoms. The van der Waals surface area contributed by atoms with Crippen molar-refractivity contribution in [2.45, 2.75) is 29.9 Å². The zero-order chi connectivity index (χ0) is 21.3. The molecule has 0 saturated heterocycles. The summed E-state index contributed by atoms with van der Waals surface area (Å²) in [5, 5.41) is 6.08. The van der Waals surface area contributed by atoms with E-state index < -0.39 is 0 Å². The van der Waals surface area contributed by atoms with Crippen molar-refractivity contribution in [2.75, 3.05) is 20.0 Å². The number of fused-ring (bicyclic) bond motifs is 1. The Kier molecular flexibility index (Phi) is 5.36. The van der Waals surface area contributed by atoms with Gasteiger partial charge in [0.15, 0.2) is 5.52 Å². The molecule has 0 fully saturated rings. The third-order valence-corrected chi connectivity index (χ3v) is 5.72. The number of nitrogens with zero attached hydrogens (tertiary/aromatic N) is 3. The SMILES string of the molecule is COc1ccc(OC)c(Sc2nc3c([nH]2)c(N)nc[n+]3CCc2c(C)[nH][nH]c2=O)c1. The van der Waals surface area contributed by atoms with Crippen molar-refractivity contribution in [2.24, 2.45) is 0 Å². The number of H-pyrrole nitrogens is 3. The summed E-state index contributed by atoms with van der Waals surface area (Å²) in [7, 11) is 3.23. The summed E-state index contributed by atoms with van der Waals surface area (Å²) in [5.74, 6) is 1.79. The molecule has 4 aromatic rings. The van der Waals surface area contributed by atoms with Crippen LogP contribution in [-0.2, 0) is 13.0 Å². The third kappa shape index (κ3) is 3.71. The lowest BCUT2D eigenvalue weighted by molar-refractivity contribution is -0.675. The van der Waals surface area contributed by atoms with E-state index in [1.165, 1.54) is 11.8 Å². The highest BCUT2D eigenvalue weighted by Gasteiger charge is 2.21. The number of anilines is 1. The van der Waals surface area contributed by atoms with Gasteiger partial charge in [-0.3, -0.25) is 9.89 Å². The van der Waals surface area contributed by atoms with Gasteiger partial charge in [0.1, 0.15) is 11.5 Å². The topological polar surface area (TPSA) is 139 Å². The Morgan fingerprint density at radius 2 is 2.07 bits per heavy atom. The van der Waals surface area contributed by atoms with E-state index in [1.807, 2.05) is 29.7 Å². The van der Waals surface area contributed by atoms with Gasteiger partial charge in [-0.15, -0.1) is 0 Å². The lowest BCUT2D eigenvalue weighted by atomic mass is 10.2. The van der Waals surface area contributed by atoms with E-state index in [0.29, 0.717) is 46.4 Å². The van der Waals surface area contributed by atoms with Crippen LogP contribution < -0.4 is 25.3 Å². The molecule has 3 aromatic heterocycles. The Bertz CT molecular complexity index is 1260. The van der Waals surface area contributed by atoms with Crippen LogP contribution in [0.5, 0.6) is 11.5 Å². The number of nitrogen functional groups attached to an aromatic ring is 1. The third-order valence-electron chi connectivity index (χ3n) is 4.80. The minimum absolute atomic E-state index is 0.115. The molecule has 30 heavy (non-hydrogen) atoms. The lowest BCUT2D eigenvalue weighted by Gasteiger charge is -2.07. The molecule has 3 heterocycles. The first kappa shape index (κ1) is 19.8. The molecule has 0 saturated carbocycles. The van der Waals surface area contributed by atoms with Gasteiger partial charge in [0, 0.05) is 17.7 Å². The van der Waals surface area contributed by atoms with Gasteiger partial charge in [0.05, 0.1) is 25.7 Å². The number of methoxy groups -OCH3 is 2. The summed E-state index contributed by atoms with van der Waals surface area (Å²) in [6.45, 7) is 2.39. The fourth-order valence-electron chi connectivity index (χ4n) is 3.17. The van der Waals surface area contributed by atoms with Crippen molar-refractivity contribution in [3.63, 3.8) is 0 Å². The molecule has 0 amide bonds. The highest BCUT2D eigenvalue weighted by atomic mass is 32.2. The number of nitrogens with one attached hydrogen (secondary N) is 3. The molecule has 5 N–H and O–H groups in total. The molecule has 0 atom stereocenters. The number of imidazole rings is 1. The summed E-state index contributed by atoms with van der Waals surface area (Å²) < 4.78 is 12.6. The van der Waals surface area contributed by atoms with Gasteiger partial charge in [-0.25, -0.2) is 4.57 Å². The highest BCUT2D eigenvalue weighted by Crippen LogP contribution is 2.36. The van der Waals surface area contributed by atoms with E-state index in [1.54, 1.807) is 20.5 Å². The van der Waals surface area contributed by atoms with Gasteiger partial charge in [-0.2, -0.15) is 0 Å². The van der Waals surface area contributed by atoms with E-state index in [2.05, 4.69) is 20.2 Å². The predicted octanol–water partition coefficient (Wildman–Crippen LogP) is 1.56. The number of rotatable bonds is 7. The Hall–Kier alpha value is -3.47. The maximum absolute atomic E-state index is 11.9. The Morgan fingerprint density at radius 3 is 2.77 bits per heavy atom. The van der Waals surface area contributed by atoms with Gasteiger partial charge in [-0.1, -0.05) is 9.97 Å². The van der Waals surface area contributed by atoms with Crippen molar-refractivity contribution < 1.29 is 14.0 Å². The average Bonchev–Trinajstić information content (AvgIpc) is 3.31. The minimum Gasteiger partial charge on any atom is -0.497 e. The predicted molar refractivity (Wildman–Crippen MR) is 112 cm³/mol. The molecule has 0 radical (unpaired) electrons. The van der Waals surface area contributed by atoms with Gasteiger partial charge < -0.3 is 25.3 Å². The number of hydrogen-bond donors (Lipinski definition) is 4. The van der Waals surface area contributed by atoms with Crippen molar-refractivity contribution in [1.82, 2.24) is 25.1 Å². The van der Waals surface area contributed by atoms with E-state index in [4.69, 9.17) is 20.2 Å². The molecule has 156 valence electrons. The molecule has 4 rings (SSSR count). The molecule has 11 heteroatoms. The maximum Gasteiger partial charge on any atom is 0.294 e. The van der Waals surface area contributed by atoms with Crippen LogP contribution in [0.4, 0.5) is 5.82 Å². The summed E-state index contributed by atoms with van der Waals surface area (Å²) >= 11 is 1.40. The maximum atomic E-state index is 11.9. The smallest absolute Gasteiger partial charge is 0.294 e. The summed E-state index contributed by atoms with van der Waals surface area (Å²) in [4.78, 5) is 25.0. The van der Waals surface area contributed by atoms with Crippen molar-refractivity contribution in [3.05, 3.63) is 46.1 Å². The zero-order valence-corrected chi connectivity index (χ0v) is 17.6. The minimum atomic E-state index is -0.115. The summed E-state index contributed by atoms with van der Waals surface area (Å²) in [6.07, 6.45) is 2.17. The number of nitrogens with two attached hydrogens (primary N) is 1. The molecule has 10 nitrogen and oxygen atoms in total. The zero-order valence-electron chi connectivity index (χ0n) is 16.8. The molecule has 0 unspecified atom stereocenters. The van der Waals surface area contributed by atoms with Crippen LogP contribution in [0, 0.1) is 6.92 Å². The Balaban J connectivity index is 1.66. The molecular weight excluding hydrogens is 406 g/mol. The van der Waals surface area contributed by atoms with E-state index in [-0.39, 0.29) is 5.56 Å². The van der Waals surface area contributed by atoms with Crippen molar-refractivity contribution >= 4 is 28.7 Å². The molecule has 0 aliphatic heterocycles. The molecule has 1 aromatic carbocycles. The summed E-state index contributed by atoms with van der Waals surface area (Å²) in [6, 6.07) is 5.56. The molecule has 0 spiro atoms. The summed E-state index contributed by atoms with van der Waals surface area (Å²) in [5.41, 5.74) is 8.78. The number of aromatic nitrogens is 6. The van der Waals surface area contributed by atoms with Gasteiger partial charge in [-0.05, 0) is 36.9 Å². The Labute approximate surface area is 175 Å². The Morgan fingerprint density at radius 1 is 1.23 bits per heavy atom. The van der Waals surface area contributed by atoms with Crippen LogP contribution in [0.3, 0.4) is 0 Å². The fourth-order valence-corrected chi connectivity index (χ4v) is 4.09. The molecular formula is C19H22N7O3S+. The number of hydrogen-bond acceptors (Lipinski definition) is 7. The quantitative estimate of drug-likeness (QED) is 0.328. The highest BCUT2D eigenvalue weighted by molar-refractivity contribution is 7.99. The number of aryl methyl sites for hydroxylation is 2. The second-order valence-corrected chi connectivity index (χ2v) is 7.65. The van der Waals surface area contributed by atoms with Crippen LogP contribution >= 0.6 is 11.8 Å². The standard InChI is InChI=1S/C19H21N7O3S/c1-10-12(18(27)25-24-10)6-7-26-9-21-16(20)15-17(26)23-19(22-15)30-14-8-11(28-2)4-5-13(14)29-3/h4-5,8-9H,6-7H2,1-3H3,(H4,20,22,23,24,25,27)/p+1. The van der Waals surface area contributed by atoms with Gasteiger partial charge >= 0.3 is 0 Å². The average molecular weight is 428 g/mol.